The molecule has 0 aromatic heterocycles. The van der Waals surface area contributed by atoms with E-state index in [9.17, 15) is 33.3 Å². The molecule has 0 atom stereocenters. The average molecular weight is 920 g/mol. The fraction of sp³-hybridized carbons (Fsp3) is 0.0526. The van der Waals surface area contributed by atoms with Gasteiger partial charge in [-0.1, -0.05) is 28.3 Å². The van der Waals surface area contributed by atoms with E-state index in [1.807, 2.05) is 0 Å². The van der Waals surface area contributed by atoms with Crippen LogP contribution in [0.3, 0.4) is 0 Å². The van der Waals surface area contributed by atoms with E-state index < -0.39 is 25.6 Å². The quantitative estimate of drug-likeness (QED) is 0.0102. The van der Waals surface area contributed by atoms with E-state index in [4.69, 9.17) is 20.0 Å². The normalized spacial score (nSPS) is 12.1. The van der Waals surface area contributed by atoms with Crippen molar-refractivity contribution in [3.63, 3.8) is 0 Å². The van der Waals surface area contributed by atoms with Crippen LogP contribution >= 0.6 is 24.1 Å². The van der Waals surface area contributed by atoms with E-state index in [1.54, 1.807) is 36.4 Å². The third kappa shape index (κ3) is 11.5. The highest BCUT2D eigenvalue weighted by Gasteiger charge is 2.20. The van der Waals surface area contributed by atoms with Crippen LogP contribution in [0.1, 0.15) is 11.1 Å². The molecule has 0 spiro atoms. The molecule has 6 rings (SSSR count). The van der Waals surface area contributed by atoms with Crippen molar-refractivity contribution < 1.29 is 66.8 Å². The Morgan fingerprint density at radius 3 is 1.84 bits per heavy atom. The Morgan fingerprint density at radius 2 is 1.21 bits per heavy atom. The van der Waals surface area contributed by atoms with Crippen LogP contribution in [0.5, 0.6) is 23.0 Å². The molecule has 0 bridgehead atoms. The SMILES string of the molecule is COc1cc(N=Nc2c(SOOO)cc3cc(N=Nc4ccc(O)cc4)ccc3c2O)c(OC)cc1N=Nc1ccc(C=Cc2ccc([N+](=O)[O-])cc2S(=O)(=O)O)c(SOOO)c1. The number of nitro groups is 1. The summed E-state index contributed by atoms with van der Waals surface area (Å²) in [5.41, 5.74) is 1.18. The molecule has 0 amide bonds. The molecule has 0 aliphatic rings. The van der Waals surface area contributed by atoms with Crippen molar-refractivity contribution in [3.8, 4) is 23.0 Å². The first-order valence-electron chi connectivity index (χ1n) is 17.3. The number of aromatic hydroxyl groups is 2. The molecule has 0 fully saturated rings. The first-order valence-corrected chi connectivity index (χ1v) is 20.2. The fourth-order valence-corrected chi connectivity index (χ4v) is 7.21. The van der Waals surface area contributed by atoms with Crippen LogP contribution in [0, 0.1) is 10.1 Å². The number of hydrogen-bond acceptors (Lipinski definition) is 22. The van der Waals surface area contributed by atoms with Gasteiger partial charge in [0.15, 0.2) is 5.75 Å². The van der Waals surface area contributed by atoms with Crippen molar-refractivity contribution in [2.24, 2.45) is 30.7 Å². The zero-order valence-corrected chi connectivity index (χ0v) is 34.5. The minimum Gasteiger partial charge on any atom is -0.508 e. The van der Waals surface area contributed by atoms with Crippen LogP contribution in [-0.4, -0.2) is 52.8 Å². The van der Waals surface area contributed by atoms with E-state index in [-0.39, 0.29) is 61.1 Å². The molecule has 0 saturated heterocycles. The molecule has 5 N–H and O–H groups in total. The van der Waals surface area contributed by atoms with E-state index in [0.717, 1.165) is 18.2 Å². The number of methoxy groups -OCH3 is 2. The molecule has 63 heavy (non-hydrogen) atoms. The highest BCUT2D eigenvalue weighted by molar-refractivity contribution is 7.95. The Hall–Kier alpha value is -6.91. The van der Waals surface area contributed by atoms with Crippen molar-refractivity contribution in [2.75, 3.05) is 14.2 Å². The summed E-state index contributed by atoms with van der Waals surface area (Å²) in [7, 11) is -2.10. The van der Waals surface area contributed by atoms with Gasteiger partial charge in [-0.2, -0.15) is 23.8 Å². The summed E-state index contributed by atoms with van der Waals surface area (Å²) in [5.74, 6) is 0.102. The number of non-ortho nitro benzene ring substituents is 1. The smallest absolute Gasteiger partial charge is 0.295 e. The molecule has 0 aliphatic carbocycles. The third-order valence-corrected chi connectivity index (χ3v) is 10.6. The maximum absolute atomic E-state index is 12.0. The molecule has 324 valence electrons. The number of phenolic OH excluding ortho intramolecular Hbond substituents is 2. The molecule has 0 saturated carbocycles. The van der Waals surface area contributed by atoms with E-state index in [1.165, 1.54) is 68.8 Å². The highest BCUT2D eigenvalue weighted by Crippen LogP contribution is 2.47. The topological polar surface area (TPSA) is 308 Å². The summed E-state index contributed by atoms with van der Waals surface area (Å²) in [6, 6.07) is 22.9. The van der Waals surface area contributed by atoms with Gasteiger partial charge in [0.25, 0.3) is 15.8 Å². The Morgan fingerprint density at radius 1 is 0.651 bits per heavy atom. The molecular formula is C38H29N7O15S3. The highest BCUT2D eigenvalue weighted by atomic mass is 32.2. The van der Waals surface area contributed by atoms with Crippen LogP contribution in [-0.2, 0) is 28.9 Å². The lowest BCUT2D eigenvalue weighted by Gasteiger charge is -2.11. The van der Waals surface area contributed by atoms with Gasteiger partial charge in [-0.15, -0.1) is 24.0 Å². The van der Waals surface area contributed by atoms with Gasteiger partial charge in [-0.3, -0.25) is 14.7 Å². The number of hydrogen-bond donors (Lipinski definition) is 5. The Labute approximate surface area is 363 Å². The predicted molar refractivity (Wildman–Crippen MR) is 225 cm³/mol. The molecule has 25 heteroatoms. The van der Waals surface area contributed by atoms with Crippen molar-refractivity contribution in [1.29, 1.82) is 0 Å². The maximum atomic E-state index is 12.0. The van der Waals surface area contributed by atoms with Crippen molar-refractivity contribution in [1.82, 2.24) is 0 Å². The molecule has 6 aromatic carbocycles. The fourth-order valence-electron chi connectivity index (χ4n) is 5.51. The van der Waals surface area contributed by atoms with Crippen molar-refractivity contribution in [3.05, 3.63) is 118 Å². The first-order chi connectivity index (χ1) is 30.3. The monoisotopic (exact) mass is 919 g/mol. The molecule has 0 heterocycles. The van der Waals surface area contributed by atoms with Crippen LogP contribution in [0.4, 0.5) is 39.8 Å². The van der Waals surface area contributed by atoms with Crippen molar-refractivity contribution >= 4 is 96.9 Å². The number of rotatable bonds is 18. The first kappa shape index (κ1) is 45.6. The number of azo groups is 3. The van der Waals surface area contributed by atoms with Gasteiger partial charge >= 0.3 is 0 Å². The molecule has 0 radical (unpaired) electrons. The second-order valence-corrected chi connectivity index (χ2v) is 15.1. The van der Waals surface area contributed by atoms with Crippen LogP contribution in [0.15, 0.2) is 142 Å². The predicted octanol–water partition coefficient (Wildman–Crippen LogP) is 11.7. The van der Waals surface area contributed by atoms with Gasteiger partial charge in [0.1, 0.15) is 39.2 Å². The third-order valence-electron chi connectivity index (χ3n) is 8.41. The minimum absolute atomic E-state index is 0.0631. The number of phenols is 2. The van der Waals surface area contributed by atoms with Gasteiger partial charge in [0, 0.05) is 34.5 Å². The van der Waals surface area contributed by atoms with E-state index >= 15 is 0 Å². The number of nitro benzene ring substituents is 1. The zero-order chi connectivity index (χ0) is 45.1. The number of fused-ring (bicyclic) bond motifs is 1. The van der Waals surface area contributed by atoms with Gasteiger partial charge < -0.3 is 19.7 Å². The zero-order valence-electron chi connectivity index (χ0n) is 32.1. The lowest BCUT2D eigenvalue weighted by Crippen LogP contribution is -2.02. The number of ether oxygens (including phenoxy) is 2. The molecule has 6 aromatic rings. The molecule has 0 unspecified atom stereocenters. The van der Waals surface area contributed by atoms with Crippen molar-refractivity contribution in [2.45, 2.75) is 14.7 Å². The summed E-state index contributed by atoms with van der Waals surface area (Å²) in [5, 5.41) is 83.6. The van der Waals surface area contributed by atoms with Gasteiger partial charge in [-0.05, 0) is 83.2 Å². The summed E-state index contributed by atoms with van der Waals surface area (Å²) in [6.45, 7) is 0. The van der Waals surface area contributed by atoms with Gasteiger partial charge in [-0.25, -0.2) is 10.5 Å². The largest absolute Gasteiger partial charge is 0.508 e. The van der Waals surface area contributed by atoms with Crippen LogP contribution in [0.2, 0.25) is 0 Å². The number of nitrogens with zero attached hydrogens (tertiary/aromatic N) is 7. The molecule has 22 nitrogen and oxygen atoms in total. The lowest BCUT2D eigenvalue weighted by atomic mass is 10.1. The Bertz CT molecular complexity index is 2900. The average Bonchev–Trinajstić information content (AvgIpc) is 3.28. The van der Waals surface area contributed by atoms with Crippen LogP contribution < -0.4 is 9.47 Å². The number of benzene rings is 6. The summed E-state index contributed by atoms with van der Waals surface area (Å²) in [4.78, 5) is 10.1. The molecule has 0 aliphatic heterocycles. The van der Waals surface area contributed by atoms with E-state index in [0.29, 0.717) is 51.8 Å². The Kier molecular flexibility index (Phi) is 15.0. The minimum atomic E-state index is -4.85. The van der Waals surface area contributed by atoms with Gasteiger partial charge in [0.2, 0.25) is 0 Å². The van der Waals surface area contributed by atoms with Crippen LogP contribution in [0.25, 0.3) is 22.9 Å². The molecular weight excluding hydrogens is 891 g/mol. The Balaban J connectivity index is 1.28. The van der Waals surface area contributed by atoms with Gasteiger partial charge in [0.05, 0.1) is 65.2 Å². The summed E-state index contributed by atoms with van der Waals surface area (Å²) in [6.07, 6.45) is 2.70. The van der Waals surface area contributed by atoms with E-state index in [2.05, 4.69) is 49.4 Å². The second kappa shape index (κ2) is 20.8. The lowest BCUT2D eigenvalue weighted by molar-refractivity contribution is -0.432. The second-order valence-electron chi connectivity index (χ2n) is 12.3. The standard InChI is InChI=1S/C38H29N7O15S3/c1-55-32-20-31(43-44-37-35(62-60-58-51)16-23-15-25(10-14-29(23)38(37)47)40-39-24-8-12-28(46)13-9-24)33(56-2)19-30(32)42-41-26-7-5-21(34(17-26)61-59-57-50)3-4-22-6-11-27(45(48)49)18-36(22)63(52,53)54/h3-20,46-47,50-51H,1-2H3,(H,52,53,54). The summed E-state index contributed by atoms with van der Waals surface area (Å²) < 4.78 is 54.0. The maximum Gasteiger partial charge on any atom is 0.295 e. The summed E-state index contributed by atoms with van der Waals surface area (Å²) >= 11 is 1.08.